The zero-order chi connectivity index (χ0) is 15.8. The molecule has 1 aromatic carbocycles. The second-order valence-corrected chi connectivity index (χ2v) is 5.76. The van der Waals surface area contributed by atoms with E-state index < -0.39 is 0 Å². The number of ether oxygens (including phenoxy) is 1. The number of aromatic nitrogens is 2. The van der Waals surface area contributed by atoms with Crippen LogP contribution in [-0.4, -0.2) is 28.3 Å². The lowest BCUT2D eigenvalue weighted by Crippen LogP contribution is -2.24. The highest BCUT2D eigenvalue weighted by atomic mass is 32.2. The van der Waals surface area contributed by atoms with E-state index in [-0.39, 0.29) is 5.91 Å². The fraction of sp³-hybridized carbons (Fsp3) is 0.375. The van der Waals surface area contributed by atoms with Gasteiger partial charge in [0, 0.05) is 25.5 Å². The van der Waals surface area contributed by atoms with Gasteiger partial charge in [-0.3, -0.25) is 4.79 Å². The van der Waals surface area contributed by atoms with Crippen molar-refractivity contribution in [2.24, 2.45) is 0 Å². The van der Waals surface area contributed by atoms with Gasteiger partial charge in [0.1, 0.15) is 5.75 Å². The summed E-state index contributed by atoms with van der Waals surface area (Å²) in [6, 6.07) is 7.68. The molecule has 0 radical (unpaired) electrons. The molecule has 1 aromatic heterocycles. The highest BCUT2D eigenvalue weighted by molar-refractivity contribution is 7.99. The molecule has 0 aliphatic rings. The van der Waals surface area contributed by atoms with Gasteiger partial charge in [-0.05, 0) is 24.1 Å². The molecule has 1 N–H and O–H groups in total. The quantitative estimate of drug-likeness (QED) is 0.760. The number of aryl methyl sites for hydroxylation is 1. The smallest absolute Gasteiger partial charge is 0.230 e. The van der Waals surface area contributed by atoms with Crippen LogP contribution in [0.1, 0.15) is 18.9 Å². The SMILES string of the molecule is CCCn1ccnc1SCC(=O)NCc1cccc(OC)c1. The van der Waals surface area contributed by atoms with Crippen molar-refractivity contribution in [3.8, 4) is 5.75 Å². The molecule has 1 heterocycles. The van der Waals surface area contributed by atoms with Crippen LogP contribution in [0.15, 0.2) is 41.8 Å². The van der Waals surface area contributed by atoms with Crippen LogP contribution in [0, 0.1) is 0 Å². The Balaban J connectivity index is 1.79. The fourth-order valence-corrected chi connectivity index (χ4v) is 2.83. The number of nitrogens with one attached hydrogen (secondary N) is 1. The van der Waals surface area contributed by atoms with Crippen molar-refractivity contribution in [2.75, 3.05) is 12.9 Å². The summed E-state index contributed by atoms with van der Waals surface area (Å²) in [6.07, 6.45) is 4.76. The Labute approximate surface area is 135 Å². The van der Waals surface area contributed by atoms with Gasteiger partial charge in [-0.25, -0.2) is 4.98 Å². The number of thioether (sulfide) groups is 1. The van der Waals surface area contributed by atoms with Gasteiger partial charge in [0.2, 0.25) is 5.91 Å². The molecule has 0 unspecified atom stereocenters. The average molecular weight is 319 g/mol. The number of hydrogen-bond acceptors (Lipinski definition) is 4. The van der Waals surface area contributed by atoms with Crippen molar-refractivity contribution in [3.05, 3.63) is 42.2 Å². The lowest BCUT2D eigenvalue weighted by Gasteiger charge is -2.08. The van der Waals surface area contributed by atoms with Crippen LogP contribution in [0.2, 0.25) is 0 Å². The summed E-state index contributed by atoms with van der Waals surface area (Å²) in [4.78, 5) is 16.2. The van der Waals surface area contributed by atoms with Crippen LogP contribution >= 0.6 is 11.8 Å². The molecule has 0 aliphatic heterocycles. The van der Waals surface area contributed by atoms with Crippen molar-refractivity contribution in [1.29, 1.82) is 0 Å². The van der Waals surface area contributed by atoms with Gasteiger partial charge in [-0.1, -0.05) is 30.8 Å². The minimum Gasteiger partial charge on any atom is -0.497 e. The summed E-state index contributed by atoms with van der Waals surface area (Å²) < 4.78 is 7.24. The van der Waals surface area contributed by atoms with Gasteiger partial charge >= 0.3 is 0 Å². The van der Waals surface area contributed by atoms with E-state index in [1.165, 1.54) is 11.8 Å². The molecule has 2 rings (SSSR count). The second kappa shape index (κ2) is 8.48. The summed E-state index contributed by atoms with van der Waals surface area (Å²) in [5, 5.41) is 3.80. The molecule has 22 heavy (non-hydrogen) atoms. The Hall–Kier alpha value is -1.95. The molecule has 1 amide bonds. The third-order valence-electron chi connectivity index (χ3n) is 3.10. The molecule has 0 saturated carbocycles. The van der Waals surface area contributed by atoms with E-state index in [1.54, 1.807) is 13.3 Å². The maximum Gasteiger partial charge on any atom is 0.230 e. The number of carbonyl (C=O) groups is 1. The van der Waals surface area contributed by atoms with E-state index in [1.807, 2.05) is 30.5 Å². The monoisotopic (exact) mass is 319 g/mol. The van der Waals surface area contributed by atoms with Crippen LogP contribution < -0.4 is 10.1 Å². The van der Waals surface area contributed by atoms with Crippen molar-refractivity contribution >= 4 is 17.7 Å². The molecule has 0 atom stereocenters. The first-order valence-corrected chi connectivity index (χ1v) is 8.25. The van der Waals surface area contributed by atoms with E-state index in [0.717, 1.165) is 29.4 Å². The average Bonchev–Trinajstić information content (AvgIpc) is 2.99. The highest BCUT2D eigenvalue weighted by Crippen LogP contribution is 2.16. The van der Waals surface area contributed by atoms with Crippen molar-refractivity contribution in [3.63, 3.8) is 0 Å². The van der Waals surface area contributed by atoms with Crippen molar-refractivity contribution < 1.29 is 9.53 Å². The first-order chi connectivity index (χ1) is 10.7. The Morgan fingerprint density at radius 3 is 3.09 bits per heavy atom. The molecule has 5 nitrogen and oxygen atoms in total. The van der Waals surface area contributed by atoms with Crippen molar-refractivity contribution in [1.82, 2.24) is 14.9 Å². The van der Waals surface area contributed by atoms with E-state index in [0.29, 0.717) is 12.3 Å². The number of methoxy groups -OCH3 is 1. The predicted molar refractivity (Wildman–Crippen MR) is 88.1 cm³/mol. The van der Waals surface area contributed by atoms with Gasteiger partial charge < -0.3 is 14.6 Å². The summed E-state index contributed by atoms with van der Waals surface area (Å²) in [5.41, 5.74) is 1.02. The summed E-state index contributed by atoms with van der Waals surface area (Å²) >= 11 is 1.46. The minimum absolute atomic E-state index is 0.00105. The molecule has 0 fully saturated rings. The van der Waals surface area contributed by atoms with Gasteiger partial charge in [0.15, 0.2) is 5.16 Å². The molecule has 0 bridgehead atoms. The summed E-state index contributed by atoms with van der Waals surface area (Å²) in [5.74, 6) is 1.16. The molecular weight excluding hydrogens is 298 g/mol. The Kier molecular flexibility index (Phi) is 6.33. The molecule has 0 saturated heterocycles. The normalized spacial score (nSPS) is 10.5. The molecule has 0 aliphatic carbocycles. The Morgan fingerprint density at radius 1 is 1.45 bits per heavy atom. The molecule has 6 heteroatoms. The number of hydrogen-bond donors (Lipinski definition) is 1. The minimum atomic E-state index is -0.00105. The largest absolute Gasteiger partial charge is 0.497 e. The van der Waals surface area contributed by atoms with Gasteiger partial charge in [0.05, 0.1) is 12.9 Å². The van der Waals surface area contributed by atoms with Gasteiger partial charge in [-0.2, -0.15) is 0 Å². The van der Waals surface area contributed by atoms with Crippen LogP contribution in [0.25, 0.3) is 0 Å². The lowest BCUT2D eigenvalue weighted by molar-refractivity contribution is -0.118. The van der Waals surface area contributed by atoms with Crippen LogP contribution in [0.5, 0.6) is 5.75 Å². The maximum atomic E-state index is 11.9. The van der Waals surface area contributed by atoms with E-state index in [4.69, 9.17) is 4.74 Å². The second-order valence-electron chi connectivity index (χ2n) is 4.82. The summed E-state index contributed by atoms with van der Waals surface area (Å²) in [6.45, 7) is 3.54. The third-order valence-corrected chi connectivity index (χ3v) is 4.10. The number of carbonyl (C=O) groups excluding carboxylic acids is 1. The number of rotatable bonds is 8. The fourth-order valence-electron chi connectivity index (χ4n) is 2.01. The van der Waals surface area contributed by atoms with Crippen LogP contribution in [-0.2, 0) is 17.9 Å². The number of amides is 1. The van der Waals surface area contributed by atoms with Crippen LogP contribution in [0.3, 0.4) is 0 Å². The van der Waals surface area contributed by atoms with Crippen molar-refractivity contribution in [2.45, 2.75) is 31.6 Å². The van der Waals surface area contributed by atoms with Crippen LogP contribution in [0.4, 0.5) is 0 Å². The Bertz CT molecular complexity index is 613. The highest BCUT2D eigenvalue weighted by Gasteiger charge is 2.07. The first-order valence-electron chi connectivity index (χ1n) is 7.26. The predicted octanol–water partition coefficient (Wildman–Crippen LogP) is 2.71. The molecular formula is C16H21N3O2S. The molecule has 118 valence electrons. The molecule has 2 aromatic rings. The lowest BCUT2D eigenvalue weighted by atomic mass is 10.2. The maximum absolute atomic E-state index is 11.9. The Morgan fingerprint density at radius 2 is 2.32 bits per heavy atom. The number of nitrogens with zero attached hydrogens (tertiary/aromatic N) is 2. The van der Waals surface area contributed by atoms with Gasteiger partial charge in [-0.15, -0.1) is 0 Å². The third kappa shape index (κ3) is 4.80. The zero-order valence-electron chi connectivity index (χ0n) is 12.9. The summed E-state index contributed by atoms with van der Waals surface area (Å²) in [7, 11) is 1.63. The number of imidazole rings is 1. The topological polar surface area (TPSA) is 56.2 Å². The first kappa shape index (κ1) is 16.4. The van der Waals surface area contributed by atoms with E-state index >= 15 is 0 Å². The van der Waals surface area contributed by atoms with E-state index in [2.05, 4.69) is 21.8 Å². The molecule has 0 spiro atoms. The zero-order valence-corrected chi connectivity index (χ0v) is 13.7. The number of benzene rings is 1. The van der Waals surface area contributed by atoms with Gasteiger partial charge in [0.25, 0.3) is 0 Å². The van der Waals surface area contributed by atoms with E-state index in [9.17, 15) is 4.79 Å². The standard InChI is InChI=1S/C16H21N3O2S/c1-3-8-19-9-7-17-16(19)22-12-15(20)18-11-13-5-4-6-14(10-13)21-2/h4-7,9-10H,3,8,11-12H2,1-2H3,(H,18,20).